The Hall–Kier alpha value is -0.910. The molecule has 1 aliphatic heterocycles. The van der Waals surface area contributed by atoms with Gasteiger partial charge in [0.1, 0.15) is 5.82 Å². The third-order valence-corrected chi connectivity index (χ3v) is 4.44. The highest BCUT2D eigenvalue weighted by Crippen LogP contribution is 2.25. The van der Waals surface area contributed by atoms with Crippen molar-refractivity contribution in [1.82, 2.24) is 19.8 Å². The quantitative estimate of drug-likeness (QED) is 0.921. The molecule has 0 saturated carbocycles. The van der Waals surface area contributed by atoms with Gasteiger partial charge in [0.15, 0.2) is 0 Å². The van der Waals surface area contributed by atoms with E-state index in [-0.39, 0.29) is 0 Å². The number of hydrogen-bond acceptors (Lipinski definition) is 3. The van der Waals surface area contributed by atoms with Crippen LogP contribution in [-0.4, -0.2) is 40.6 Å². The lowest BCUT2D eigenvalue weighted by Gasteiger charge is -2.32. The third kappa shape index (κ3) is 2.42. The Morgan fingerprint density at radius 2 is 2.05 bits per heavy atom. The summed E-state index contributed by atoms with van der Waals surface area (Å²) in [6, 6.07) is 6.64. The fourth-order valence-corrected chi connectivity index (χ4v) is 3.15. The molecular weight excluding hydrogens is 304 g/mol. The fourth-order valence-electron chi connectivity index (χ4n) is 2.80. The van der Waals surface area contributed by atoms with Gasteiger partial charge in [0.05, 0.1) is 17.1 Å². The minimum Gasteiger partial charge on any atom is -0.330 e. The molecule has 0 aliphatic carbocycles. The maximum atomic E-state index is 4.82. The minimum absolute atomic E-state index is 0.360. The SMILES string of the molecule is CC(c1nc2cc(Br)ccc2n1C)N1CCNCC1. The Balaban J connectivity index is 1.97. The minimum atomic E-state index is 0.360. The smallest absolute Gasteiger partial charge is 0.126 e. The van der Waals surface area contributed by atoms with Gasteiger partial charge < -0.3 is 9.88 Å². The standard InChI is InChI=1S/C14H19BrN4/c1-10(19-7-5-16-6-8-19)14-17-12-9-11(15)3-4-13(12)18(14)2/h3-4,9-10,16H,5-8H2,1-2H3. The number of rotatable bonds is 2. The molecule has 0 amide bonds. The molecule has 1 fully saturated rings. The first kappa shape index (κ1) is 13.1. The first-order valence-electron chi connectivity index (χ1n) is 6.73. The summed E-state index contributed by atoms with van der Waals surface area (Å²) in [5, 5.41) is 3.39. The van der Waals surface area contributed by atoms with Crippen LogP contribution in [0.15, 0.2) is 22.7 Å². The molecule has 5 heteroatoms. The van der Waals surface area contributed by atoms with Crippen molar-refractivity contribution in [2.45, 2.75) is 13.0 Å². The lowest BCUT2D eigenvalue weighted by Crippen LogP contribution is -2.44. The van der Waals surface area contributed by atoms with Crippen molar-refractivity contribution in [3.63, 3.8) is 0 Å². The second kappa shape index (κ2) is 5.23. The van der Waals surface area contributed by atoms with E-state index >= 15 is 0 Å². The van der Waals surface area contributed by atoms with E-state index < -0.39 is 0 Å². The molecule has 1 saturated heterocycles. The van der Waals surface area contributed by atoms with E-state index in [1.807, 2.05) is 0 Å². The Kier molecular flexibility index (Phi) is 3.60. The average molecular weight is 323 g/mol. The van der Waals surface area contributed by atoms with E-state index in [4.69, 9.17) is 4.98 Å². The van der Waals surface area contributed by atoms with Gasteiger partial charge in [0, 0.05) is 37.7 Å². The van der Waals surface area contributed by atoms with Crippen LogP contribution >= 0.6 is 15.9 Å². The van der Waals surface area contributed by atoms with Crippen LogP contribution in [0.1, 0.15) is 18.8 Å². The number of fused-ring (bicyclic) bond motifs is 1. The summed E-state index contributed by atoms with van der Waals surface area (Å²) in [6.45, 7) is 6.57. The molecule has 1 unspecified atom stereocenters. The molecule has 0 spiro atoms. The van der Waals surface area contributed by atoms with Crippen molar-refractivity contribution in [2.24, 2.45) is 7.05 Å². The lowest BCUT2D eigenvalue weighted by molar-refractivity contribution is 0.177. The van der Waals surface area contributed by atoms with Gasteiger partial charge >= 0.3 is 0 Å². The number of aromatic nitrogens is 2. The molecule has 1 aromatic heterocycles. The second-order valence-electron chi connectivity index (χ2n) is 5.12. The van der Waals surface area contributed by atoms with Crippen molar-refractivity contribution >= 4 is 27.0 Å². The molecular formula is C14H19BrN4. The molecule has 3 rings (SSSR count). The first-order valence-corrected chi connectivity index (χ1v) is 7.53. The van der Waals surface area contributed by atoms with E-state index in [0.29, 0.717) is 6.04 Å². The summed E-state index contributed by atoms with van der Waals surface area (Å²) < 4.78 is 3.30. The largest absolute Gasteiger partial charge is 0.330 e. The molecule has 2 heterocycles. The van der Waals surface area contributed by atoms with Gasteiger partial charge in [-0.2, -0.15) is 0 Å². The molecule has 2 aromatic rings. The van der Waals surface area contributed by atoms with Gasteiger partial charge in [-0.1, -0.05) is 15.9 Å². The molecule has 4 nitrogen and oxygen atoms in total. The highest BCUT2D eigenvalue weighted by molar-refractivity contribution is 9.10. The molecule has 1 N–H and O–H groups in total. The van der Waals surface area contributed by atoms with Crippen LogP contribution < -0.4 is 5.32 Å². The highest BCUT2D eigenvalue weighted by Gasteiger charge is 2.22. The first-order chi connectivity index (χ1) is 9.16. The van der Waals surface area contributed by atoms with Gasteiger partial charge in [-0.3, -0.25) is 4.90 Å². The molecule has 1 aliphatic rings. The fraction of sp³-hybridized carbons (Fsp3) is 0.500. The van der Waals surface area contributed by atoms with Crippen molar-refractivity contribution in [1.29, 1.82) is 0 Å². The summed E-state index contributed by atoms with van der Waals surface area (Å²) >= 11 is 3.51. The number of benzene rings is 1. The van der Waals surface area contributed by atoms with Crippen LogP contribution in [0.3, 0.4) is 0 Å². The number of nitrogens with one attached hydrogen (secondary N) is 1. The zero-order chi connectivity index (χ0) is 13.4. The maximum absolute atomic E-state index is 4.82. The predicted octanol–water partition coefficient (Wildman–Crippen LogP) is 2.30. The van der Waals surface area contributed by atoms with Crippen molar-refractivity contribution in [3.05, 3.63) is 28.5 Å². The zero-order valence-electron chi connectivity index (χ0n) is 11.4. The molecule has 1 atom stereocenters. The molecule has 102 valence electrons. The van der Waals surface area contributed by atoms with Gasteiger partial charge in [-0.05, 0) is 25.1 Å². The Morgan fingerprint density at radius 1 is 1.32 bits per heavy atom. The summed E-state index contributed by atoms with van der Waals surface area (Å²) in [5.41, 5.74) is 2.26. The predicted molar refractivity (Wildman–Crippen MR) is 81.3 cm³/mol. The van der Waals surface area contributed by atoms with Crippen LogP contribution in [0.2, 0.25) is 0 Å². The van der Waals surface area contributed by atoms with Crippen LogP contribution in [0, 0.1) is 0 Å². The zero-order valence-corrected chi connectivity index (χ0v) is 12.9. The maximum Gasteiger partial charge on any atom is 0.126 e. The Labute approximate surface area is 121 Å². The molecule has 0 radical (unpaired) electrons. The van der Waals surface area contributed by atoms with Crippen molar-refractivity contribution in [2.75, 3.05) is 26.2 Å². The van der Waals surface area contributed by atoms with Crippen LogP contribution in [0.4, 0.5) is 0 Å². The Bertz CT molecular complexity index is 586. The van der Waals surface area contributed by atoms with Crippen LogP contribution in [0.25, 0.3) is 11.0 Å². The van der Waals surface area contributed by atoms with Crippen molar-refractivity contribution in [3.8, 4) is 0 Å². The third-order valence-electron chi connectivity index (χ3n) is 3.95. The summed E-state index contributed by atoms with van der Waals surface area (Å²) in [4.78, 5) is 7.31. The van der Waals surface area contributed by atoms with Crippen LogP contribution in [0.5, 0.6) is 0 Å². The summed E-state index contributed by atoms with van der Waals surface area (Å²) in [7, 11) is 2.11. The number of aryl methyl sites for hydroxylation is 1. The van der Waals surface area contributed by atoms with Crippen LogP contribution in [-0.2, 0) is 7.05 Å². The summed E-state index contributed by atoms with van der Waals surface area (Å²) in [5.74, 6) is 1.15. The van der Waals surface area contributed by atoms with E-state index in [0.717, 1.165) is 42.0 Å². The van der Waals surface area contributed by atoms with E-state index in [2.05, 4.69) is 62.9 Å². The second-order valence-corrected chi connectivity index (χ2v) is 6.04. The van der Waals surface area contributed by atoms with Gasteiger partial charge in [-0.25, -0.2) is 4.98 Å². The van der Waals surface area contributed by atoms with E-state index in [1.165, 1.54) is 5.52 Å². The number of imidazole rings is 1. The topological polar surface area (TPSA) is 33.1 Å². The molecule has 19 heavy (non-hydrogen) atoms. The monoisotopic (exact) mass is 322 g/mol. The van der Waals surface area contributed by atoms with Crippen molar-refractivity contribution < 1.29 is 0 Å². The molecule has 1 aromatic carbocycles. The summed E-state index contributed by atoms with van der Waals surface area (Å²) in [6.07, 6.45) is 0. The lowest BCUT2D eigenvalue weighted by atomic mass is 10.2. The van der Waals surface area contributed by atoms with E-state index in [1.54, 1.807) is 0 Å². The number of hydrogen-bond donors (Lipinski definition) is 1. The Morgan fingerprint density at radius 3 is 2.79 bits per heavy atom. The van der Waals surface area contributed by atoms with Gasteiger partial charge in [-0.15, -0.1) is 0 Å². The van der Waals surface area contributed by atoms with E-state index in [9.17, 15) is 0 Å². The van der Waals surface area contributed by atoms with Gasteiger partial charge in [0.2, 0.25) is 0 Å². The van der Waals surface area contributed by atoms with Gasteiger partial charge in [0.25, 0.3) is 0 Å². The molecule has 0 bridgehead atoms. The number of halogens is 1. The average Bonchev–Trinajstić information content (AvgIpc) is 2.75. The normalized spacial score (nSPS) is 18.9. The number of nitrogens with zero attached hydrogens (tertiary/aromatic N) is 3. The number of piperazine rings is 1. The highest BCUT2D eigenvalue weighted by atomic mass is 79.9.